The molecular weight excluding hydrogens is 211 g/mol. The van der Waals surface area contributed by atoms with Crippen LogP contribution in [0.2, 0.25) is 12.1 Å². The van der Waals surface area contributed by atoms with Crippen LogP contribution in [0.3, 0.4) is 0 Å². The van der Waals surface area contributed by atoms with Crippen LogP contribution in [0.15, 0.2) is 12.7 Å². The molecule has 0 aliphatic heterocycles. The highest BCUT2D eigenvalue weighted by Crippen LogP contribution is 2.27. The van der Waals surface area contributed by atoms with Gasteiger partial charge in [0.2, 0.25) is 0 Å². The van der Waals surface area contributed by atoms with Gasteiger partial charge in [0.05, 0.1) is 11.5 Å². The molecule has 97 valence electrons. The molecule has 2 atom stereocenters. The molecule has 0 aliphatic rings. The number of carbonyl (C=O) groups excluding carboxylic acids is 1. The monoisotopic (exact) mass is 237 g/mol. The molecule has 0 fully saturated rings. The van der Waals surface area contributed by atoms with Crippen molar-refractivity contribution in [2.24, 2.45) is 5.41 Å². The Morgan fingerprint density at radius 3 is 2.41 bits per heavy atom. The highest BCUT2D eigenvalue weighted by molar-refractivity contribution is 6.39. The van der Waals surface area contributed by atoms with Crippen molar-refractivity contribution in [2.75, 3.05) is 0 Å². The zero-order chi connectivity index (χ0) is 13.5. The Bertz CT molecular complexity index is 249. The summed E-state index contributed by atoms with van der Waals surface area (Å²) in [7, 11) is 2.16. The fourth-order valence-corrected chi connectivity index (χ4v) is 1.38. The molecule has 0 aromatic rings. The summed E-state index contributed by atoms with van der Waals surface area (Å²) in [6, 6.07) is 0. The number of ether oxygens (including phenoxy) is 1. The Morgan fingerprint density at radius 2 is 2.00 bits per heavy atom. The van der Waals surface area contributed by atoms with Crippen molar-refractivity contribution in [1.29, 1.82) is 0 Å². The highest BCUT2D eigenvalue weighted by Gasteiger charge is 2.30. The third kappa shape index (κ3) is 5.95. The first-order valence-electron chi connectivity index (χ1n) is 6.54. The molecule has 0 rings (SSSR count). The van der Waals surface area contributed by atoms with Gasteiger partial charge in [0.1, 0.15) is 7.28 Å². The van der Waals surface area contributed by atoms with Crippen molar-refractivity contribution < 1.29 is 9.53 Å². The molecule has 0 saturated carbocycles. The summed E-state index contributed by atoms with van der Waals surface area (Å²) in [6.45, 7) is 13.7. The molecule has 2 unspecified atom stereocenters. The van der Waals surface area contributed by atoms with Crippen LogP contribution in [0.5, 0.6) is 0 Å². The Labute approximate surface area is 107 Å². The first kappa shape index (κ1) is 16.3. The summed E-state index contributed by atoms with van der Waals surface area (Å²) >= 11 is 0. The number of carbonyl (C=O) groups is 1. The van der Waals surface area contributed by atoms with Crippen LogP contribution in [0.25, 0.3) is 0 Å². The van der Waals surface area contributed by atoms with Crippen LogP contribution in [0.1, 0.15) is 47.5 Å². The Morgan fingerprint density at radius 1 is 1.41 bits per heavy atom. The van der Waals surface area contributed by atoms with Crippen LogP contribution in [0, 0.1) is 5.41 Å². The van der Waals surface area contributed by atoms with Gasteiger partial charge in [0.25, 0.3) is 0 Å². The molecule has 0 N–H and O–H groups in total. The van der Waals surface area contributed by atoms with E-state index in [2.05, 4.69) is 20.8 Å². The second-order valence-electron chi connectivity index (χ2n) is 5.26. The zero-order valence-electron chi connectivity index (χ0n) is 12.0. The van der Waals surface area contributed by atoms with E-state index in [4.69, 9.17) is 4.74 Å². The molecule has 0 aromatic heterocycles. The van der Waals surface area contributed by atoms with Crippen LogP contribution >= 0.6 is 0 Å². The number of rotatable bonds is 8. The fraction of sp³-hybridized carbons (Fsp3) is 0.786. The van der Waals surface area contributed by atoms with Crippen molar-refractivity contribution >= 4 is 13.2 Å². The normalized spacial score (nSPS) is 14.9. The van der Waals surface area contributed by atoms with E-state index in [0.717, 1.165) is 19.2 Å². The van der Waals surface area contributed by atoms with Gasteiger partial charge in [-0.1, -0.05) is 52.3 Å². The summed E-state index contributed by atoms with van der Waals surface area (Å²) in [4.78, 5) is 12.0. The molecule has 0 spiro atoms. The first-order chi connectivity index (χ1) is 7.87. The second-order valence-corrected chi connectivity index (χ2v) is 5.26. The zero-order valence-corrected chi connectivity index (χ0v) is 12.0. The predicted molar refractivity (Wildman–Crippen MR) is 74.4 cm³/mol. The molecule has 0 aromatic carbocycles. The quantitative estimate of drug-likeness (QED) is 0.364. The summed E-state index contributed by atoms with van der Waals surface area (Å²) in [5, 5.41) is 0. The topological polar surface area (TPSA) is 26.3 Å². The Kier molecular flexibility index (Phi) is 7.25. The molecule has 2 nitrogen and oxygen atoms in total. The van der Waals surface area contributed by atoms with E-state index >= 15 is 0 Å². The van der Waals surface area contributed by atoms with Gasteiger partial charge >= 0.3 is 5.97 Å². The molecule has 1 radical (unpaired) electrons. The maximum absolute atomic E-state index is 12.0. The Balaban J connectivity index is 4.26. The lowest BCUT2D eigenvalue weighted by Gasteiger charge is -2.25. The minimum Gasteiger partial charge on any atom is -0.462 e. The summed E-state index contributed by atoms with van der Waals surface area (Å²) in [5.41, 5.74) is -0.445. The number of allylic oxidation sites excluding steroid dienone is 1. The minimum atomic E-state index is -0.445. The van der Waals surface area contributed by atoms with E-state index < -0.39 is 5.41 Å². The van der Waals surface area contributed by atoms with Gasteiger partial charge in [-0.05, 0) is 13.3 Å². The molecule has 0 bridgehead atoms. The smallest absolute Gasteiger partial charge is 0.311 e. The SMILES string of the molecule is C=CC([B]CC(C)(C)C(=O)OC(C)CC)CC. The van der Waals surface area contributed by atoms with Crippen molar-refractivity contribution in [3.05, 3.63) is 12.7 Å². The minimum absolute atomic E-state index is 0.00292. The largest absolute Gasteiger partial charge is 0.462 e. The molecule has 0 amide bonds. The molecule has 0 heterocycles. The van der Waals surface area contributed by atoms with Crippen molar-refractivity contribution in [3.8, 4) is 0 Å². The van der Waals surface area contributed by atoms with E-state index in [1.165, 1.54) is 0 Å². The number of hydrogen-bond donors (Lipinski definition) is 0. The van der Waals surface area contributed by atoms with Gasteiger partial charge in [-0.15, -0.1) is 6.58 Å². The lowest BCUT2D eigenvalue weighted by atomic mass is 9.55. The van der Waals surface area contributed by atoms with Gasteiger partial charge < -0.3 is 4.74 Å². The number of esters is 1. The van der Waals surface area contributed by atoms with E-state index in [1.54, 1.807) is 0 Å². The third-order valence-corrected chi connectivity index (χ3v) is 3.14. The average Bonchev–Trinajstić information content (AvgIpc) is 2.29. The van der Waals surface area contributed by atoms with Crippen molar-refractivity contribution in [3.63, 3.8) is 0 Å². The Hall–Kier alpha value is -0.725. The van der Waals surface area contributed by atoms with Crippen molar-refractivity contribution in [1.82, 2.24) is 0 Å². The standard InChI is InChI=1S/C14H26BO2/c1-7-11(4)17-13(16)14(5,6)10-15-12(8-2)9-3/h8,11-12H,2,7,9-10H2,1,3-6H3. The van der Waals surface area contributed by atoms with Gasteiger partial charge in [-0.3, -0.25) is 4.79 Å². The van der Waals surface area contributed by atoms with Crippen LogP contribution in [-0.4, -0.2) is 19.4 Å². The summed E-state index contributed by atoms with van der Waals surface area (Å²) in [6.07, 6.45) is 4.54. The lowest BCUT2D eigenvalue weighted by Crippen LogP contribution is -2.31. The van der Waals surface area contributed by atoms with E-state index in [9.17, 15) is 4.79 Å². The first-order valence-corrected chi connectivity index (χ1v) is 6.54. The molecule has 0 saturated heterocycles. The highest BCUT2D eigenvalue weighted by atomic mass is 16.5. The number of hydrogen-bond acceptors (Lipinski definition) is 2. The van der Waals surface area contributed by atoms with E-state index in [0.29, 0.717) is 5.82 Å². The summed E-state index contributed by atoms with van der Waals surface area (Å²) in [5.74, 6) is 0.271. The average molecular weight is 237 g/mol. The molecular formula is C14H26BO2. The molecule has 3 heteroatoms. The van der Waals surface area contributed by atoms with Gasteiger partial charge in [0.15, 0.2) is 0 Å². The molecule has 17 heavy (non-hydrogen) atoms. The van der Waals surface area contributed by atoms with Gasteiger partial charge in [-0.25, -0.2) is 0 Å². The van der Waals surface area contributed by atoms with Crippen LogP contribution in [-0.2, 0) is 9.53 Å². The predicted octanol–water partition coefficient (Wildman–Crippen LogP) is 3.86. The lowest BCUT2D eigenvalue weighted by molar-refractivity contribution is -0.157. The van der Waals surface area contributed by atoms with Crippen LogP contribution in [0.4, 0.5) is 0 Å². The maximum atomic E-state index is 12.0. The van der Waals surface area contributed by atoms with E-state index in [-0.39, 0.29) is 12.1 Å². The fourth-order valence-electron chi connectivity index (χ4n) is 1.38. The van der Waals surface area contributed by atoms with Gasteiger partial charge in [0, 0.05) is 0 Å². The van der Waals surface area contributed by atoms with Crippen molar-refractivity contribution in [2.45, 2.75) is 65.7 Å². The molecule has 0 aliphatic carbocycles. The van der Waals surface area contributed by atoms with E-state index in [1.807, 2.05) is 33.8 Å². The summed E-state index contributed by atoms with van der Waals surface area (Å²) < 4.78 is 5.38. The maximum Gasteiger partial charge on any atom is 0.311 e. The van der Waals surface area contributed by atoms with Crippen LogP contribution < -0.4 is 0 Å². The van der Waals surface area contributed by atoms with Gasteiger partial charge in [-0.2, -0.15) is 0 Å². The third-order valence-electron chi connectivity index (χ3n) is 3.14. The second kappa shape index (κ2) is 7.57.